The Kier molecular flexibility index (Phi) is 5.37. The molecule has 1 rings (SSSR count). The molecular formula is C11H17N3O2S. The van der Waals surface area contributed by atoms with Gasteiger partial charge in [-0.15, -0.1) is 11.8 Å². The monoisotopic (exact) mass is 255 g/mol. The van der Waals surface area contributed by atoms with Crippen LogP contribution in [0.3, 0.4) is 0 Å². The minimum absolute atomic E-state index is 0.418. The summed E-state index contributed by atoms with van der Waals surface area (Å²) in [7, 11) is 0. The molecule has 1 heterocycles. The van der Waals surface area contributed by atoms with Crippen molar-refractivity contribution in [1.29, 1.82) is 0 Å². The van der Waals surface area contributed by atoms with E-state index in [-0.39, 0.29) is 0 Å². The number of aromatic nitrogens is 2. The van der Waals surface area contributed by atoms with Crippen molar-refractivity contribution in [1.82, 2.24) is 15.3 Å². The lowest BCUT2D eigenvalue weighted by Gasteiger charge is -2.25. The number of nitrogens with one attached hydrogen (secondary N) is 1. The molecule has 0 fully saturated rings. The molecule has 1 unspecified atom stereocenters. The van der Waals surface area contributed by atoms with Crippen molar-refractivity contribution in [3.05, 3.63) is 18.6 Å². The molecule has 0 amide bonds. The van der Waals surface area contributed by atoms with Crippen LogP contribution in [0.4, 0.5) is 0 Å². The fourth-order valence-corrected chi connectivity index (χ4v) is 2.10. The Balaban J connectivity index is 2.58. The highest BCUT2D eigenvalue weighted by Crippen LogP contribution is 2.20. The van der Waals surface area contributed by atoms with Crippen LogP contribution in [-0.2, 0) is 4.79 Å². The van der Waals surface area contributed by atoms with E-state index in [4.69, 9.17) is 0 Å². The predicted molar refractivity (Wildman–Crippen MR) is 67.1 cm³/mol. The number of carboxylic acids is 1. The quantitative estimate of drug-likeness (QED) is 0.718. The molecule has 1 aromatic rings. The van der Waals surface area contributed by atoms with Crippen LogP contribution in [-0.4, -0.2) is 38.9 Å². The Hall–Kier alpha value is -1.14. The van der Waals surface area contributed by atoms with Crippen LogP contribution in [0, 0.1) is 0 Å². The van der Waals surface area contributed by atoms with Gasteiger partial charge in [0.15, 0.2) is 0 Å². The van der Waals surface area contributed by atoms with E-state index in [1.807, 2.05) is 6.92 Å². The van der Waals surface area contributed by atoms with E-state index in [0.717, 1.165) is 11.4 Å². The van der Waals surface area contributed by atoms with Crippen LogP contribution in [0.2, 0.25) is 0 Å². The van der Waals surface area contributed by atoms with Crippen LogP contribution in [0.25, 0.3) is 0 Å². The molecule has 0 saturated heterocycles. The first-order chi connectivity index (χ1) is 8.08. The number of aliphatic carboxylic acids is 1. The van der Waals surface area contributed by atoms with E-state index in [1.165, 1.54) is 11.8 Å². The molecule has 0 aliphatic heterocycles. The van der Waals surface area contributed by atoms with Gasteiger partial charge in [0, 0.05) is 18.1 Å². The van der Waals surface area contributed by atoms with E-state index >= 15 is 0 Å². The molecule has 0 bridgehead atoms. The number of hydrogen-bond acceptors (Lipinski definition) is 5. The number of nitrogens with zero attached hydrogens (tertiary/aromatic N) is 2. The van der Waals surface area contributed by atoms with Crippen molar-refractivity contribution in [2.24, 2.45) is 0 Å². The second-order valence-electron chi connectivity index (χ2n) is 3.90. The van der Waals surface area contributed by atoms with Crippen molar-refractivity contribution in [3.8, 4) is 0 Å². The zero-order valence-electron chi connectivity index (χ0n) is 10.0. The number of hydrogen-bond donors (Lipinski definition) is 2. The van der Waals surface area contributed by atoms with Crippen LogP contribution in [0.1, 0.15) is 20.3 Å². The summed E-state index contributed by atoms with van der Waals surface area (Å²) < 4.78 is 0. The van der Waals surface area contributed by atoms with E-state index < -0.39 is 11.5 Å². The molecule has 0 saturated carbocycles. The Morgan fingerprint density at radius 3 is 2.88 bits per heavy atom. The first-order valence-electron chi connectivity index (χ1n) is 5.45. The molecule has 2 N–H and O–H groups in total. The minimum atomic E-state index is -0.932. The Morgan fingerprint density at radius 1 is 1.59 bits per heavy atom. The smallest absolute Gasteiger partial charge is 0.324 e. The highest BCUT2D eigenvalue weighted by atomic mass is 32.2. The van der Waals surface area contributed by atoms with Crippen LogP contribution >= 0.6 is 11.8 Å². The summed E-state index contributed by atoms with van der Waals surface area (Å²) in [5.74, 6) is -0.427. The van der Waals surface area contributed by atoms with Gasteiger partial charge in [0.05, 0.1) is 6.20 Å². The molecule has 0 spiro atoms. The molecule has 17 heavy (non-hydrogen) atoms. The third-order valence-electron chi connectivity index (χ3n) is 2.29. The number of carboxylic acid groups (broad SMARTS) is 1. The maximum absolute atomic E-state index is 11.2. The maximum Gasteiger partial charge on any atom is 0.324 e. The summed E-state index contributed by atoms with van der Waals surface area (Å²) in [6.07, 6.45) is 5.72. The van der Waals surface area contributed by atoms with E-state index in [1.54, 1.807) is 25.5 Å². The molecule has 0 radical (unpaired) electrons. The molecule has 0 aliphatic rings. The van der Waals surface area contributed by atoms with Gasteiger partial charge >= 0.3 is 5.97 Å². The average Bonchev–Trinajstić information content (AvgIpc) is 2.35. The van der Waals surface area contributed by atoms with Gasteiger partial charge in [0.25, 0.3) is 0 Å². The SMILES string of the molecule is CCCNC(C)(CSc1cnccn1)C(=O)O. The Labute approximate surface area is 105 Å². The van der Waals surface area contributed by atoms with Crippen molar-refractivity contribution >= 4 is 17.7 Å². The van der Waals surface area contributed by atoms with Crippen LogP contribution in [0.5, 0.6) is 0 Å². The maximum atomic E-state index is 11.2. The largest absolute Gasteiger partial charge is 0.480 e. The van der Waals surface area contributed by atoms with E-state index in [0.29, 0.717) is 12.3 Å². The van der Waals surface area contributed by atoms with E-state index in [2.05, 4.69) is 15.3 Å². The number of carbonyl (C=O) groups is 1. The van der Waals surface area contributed by atoms with Gasteiger partial charge in [-0.25, -0.2) is 4.98 Å². The van der Waals surface area contributed by atoms with E-state index in [9.17, 15) is 9.90 Å². The molecule has 6 heteroatoms. The third-order valence-corrected chi connectivity index (χ3v) is 3.51. The highest BCUT2D eigenvalue weighted by Gasteiger charge is 2.32. The number of thioether (sulfide) groups is 1. The molecule has 0 aromatic carbocycles. The molecule has 94 valence electrons. The lowest BCUT2D eigenvalue weighted by molar-refractivity contribution is -0.143. The molecule has 1 aromatic heterocycles. The molecule has 1 atom stereocenters. The zero-order valence-corrected chi connectivity index (χ0v) is 10.8. The normalized spacial score (nSPS) is 14.2. The minimum Gasteiger partial charge on any atom is -0.480 e. The van der Waals surface area contributed by atoms with Gasteiger partial charge < -0.3 is 10.4 Å². The number of rotatable bonds is 7. The van der Waals surface area contributed by atoms with Gasteiger partial charge in [0.1, 0.15) is 10.6 Å². The molecular weight excluding hydrogens is 238 g/mol. The first-order valence-corrected chi connectivity index (χ1v) is 6.44. The Morgan fingerprint density at radius 2 is 2.35 bits per heavy atom. The Bertz CT molecular complexity index is 361. The molecule has 0 aliphatic carbocycles. The fourth-order valence-electron chi connectivity index (χ4n) is 1.17. The van der Waals surface area contributed by atoms with Crippen molar-refractivity contribution in [3.63, 3.8) is 0 Å². The second kappa shape index (κ2) is 6.56. The van der Waals surface area contributed by atoms with Gasteiger partial charge in [-0.2, -0.15) is 0 Å². The van der Waals surface area contributed by atoms with Gasteiger partial charge in [-0.1, -0.05) is 6.92 Å². The summed E-state index contributed by atoms with van der Waals surface area (Å²) >= 11 is 1.39. The predicted octanol–water partition coefficient (Wildman–Crippen LogP) is 1.41. The summed E-state index contributed by atoms with van der Waals surface area (Å²) in [5.41, 5.74) is -0.932. The lowest BCUT2D eigenvalue weighted by atomic mass is 10.1. The van der Waals surface area contributed by atoms with Crippen LogP contribution < -0.4 is 5.32 Å². The summed E-state index contributed by atoms with van der Waals surface area (Å²) in [4.78, 5) is 19.3. The van der Waals surface area contributed by atoms with Gasteiger partial charge in [0.2, 0.25) is 0 Å². The highest BCUT2D eigenvalue weighted by molar-refractivity contribution is 7.99. The summed E-state index contributed by atoms with van der Waals surface area (Å²) in [6, 6.07) is 0. The second-order valence-corrected chi connectivity index (χ2v) is 4.89. The van der Waals surface area contributed by atoms with Crippen LogP contribution in [0.15, 0.2) is 23.6 Å². The van der Waals surface area contributed by atoms with Gasteiger partial charge in [-0.05, 0) is 19.9 Å². The van der Waals surface area contributed by atoms with Crippen molar-refractivity contribution in [2.75, 3.05) is 12.3 Å². The van der Waals surface area contributed by atoms with Crippen molar-refractivity contribution in [2.45, 2.75) is 30.8 Å². The lowest BCUT2D eigenvalue weighted by Crippen LogP contribution is -2.51. The average molecular weight is 255 g/mol. The fraction of sp³-hybridized carbons (Fsp3) is 0.545. The molecule has 5 nitrogen and oxygen atoms in total. The summed E-state index contributed by atoms with van der Waals surface area (Å²) in [6.45, 7) is 4.38. The summed E-state index contributed by atoms with van der Waals surface area (Å²) in [5, 5.41) is 13.0. The zero-order chi connectivity index (χ0) is 12.7. The third kappa shape index (κ3) is 4.32. The van der Waals surface area contributed by atoms with Gasteiger partial charge in [-0.3, -0.25) is 9.78 Å². The topological polar surface area (TPSA) is 75.1 Å². The standard InChI is InChI=1S/C11H17N3O2S/c1-3-4-14-11(2,10(15)16)8-17-9-7-12-5-6-13-9/h5-7,14H,3-4,8H2,1-2H3,(H,15,16). The first kappa shape index (κ1) is 13.9. The van der Waals surface area contributed by atoms with Crippen molar-refractivity contribution < 1.29 is 9.90 Å².